The fourth-order valence-corrected chi connectivity index (χ4v) is 2.66. The van der Waals surface area contributed by atoms with Gasteiger partial charge in [0.15, 0.2) is 0 Å². The average molecular weight is 281 g/mol. The van der Waals surface area contributed by atoms with Crippen LogP contribution in [0.5, 0.6) is 0 Å². The number of rotatable bonds is 4. The van der Waals surface area contributed by atoms with Gasteiger partial charge in [0, 0.05) is 12.1 Å². The second-order valence-corrected chi connectivity index (χ2v) is 5.41. The molecule has 0 bridgehead atoms. The second-order valence-electron chi connectivity index (χ2n) is 5.41. The molecule has 3 N–H and O–H groups in total. The Labute approximate surface area is 118 Å². The molecule has 0 spiro atoms. The monoisotopic (exact) mass is 281 g/mol. The first-order valence-corrected chi connectivity index (χ1v) is 7.22. The van der Waals surface area contributed by atoms with Crippen molar-refractivity contribution >= 4 is 6.03 Å². The summed E-state index contributed by atoms with van der Waals surface area (Å²) >= 11 is 0. The second kappa shape index (κ2) is 6.74. The summed E-state index contributed by atoms with van der Waals surface area (Å²) in [5.74, 6) is 0.799. The fourth-order valence-electron chi connectivity index (χ4n) is 2.66. The lowest BCUT2D eigenvalue weighted by Crippen LogP contribution is -2.49. The third-order valence-electron chi connectivity index (χ3n) is 3.89. The first-order chi connectivity index (χ1) is 9.58. The van der Waals surface area contributed by atoms with Crippen molar-refractivity contribution in [2.24, 2.45) is 0 Å². The number of aliphatic hydroxyl groups is 1. The van der Waals surface area contributed by atoms with E-state index in [-0.39, 0.29) is 12.1 Å². The van der Waals surface area contributed by atoms with E-state index in [1.54, 1.807) is 0 Å². The summed E-state index contributed by atoms with van der Waals surface area (Å²) in [4.78, 5) is 11.8. The van der Waals surface area contributed by atoms with E-state index in [9.17, 15) is 9.90 Å². The molecule has 2 amide bonds. The molecule has 0 radical (unpaired) electrons. The van der Waals surface area contributed by atoms with Crippen LogP contribution < -0.4 is 10.6 Å². The number of amides is 2. The van der Waals surface area contributed by atoms with E-state index in [4.69, 9.17) is 4.52 Å². The maximum Gasteiger partial charge on any atom is 0.315 e. The Morgan fingerprint density at radius 3 is 2.80 bits per heavy atom. The molecular weight excluding hydrogens is 258 g/mol. The molecule has 6 nitrogen and oxygen atoms in total. The van der Waals surface area contributed by atoms with Crippen molar-refractivity contribution in [3.63, 3.8) is 0 Å². The fraction of sp³-hybridized carbons (Fsp3) is 0.714. The summed E-state index contributed by atoms with van der Waals surface area (Å²) in [6.45, 7) is 4.29. The van der Waals surface area contributed by atoms with Crippen molar-refractivity contribution in [1.29, 1.82) is 0 Å². The number of carbonyl (C=O) groups excluding carboxylic acids is 1. The number of aliphatic hydroxyl groups excluding tert-OH is 1. The maximum atomic E-state index is 11.8. The smallest absolute Gasteiger partial charge is 0.315 e. The van der Waals surface area contributed by atoms with Gasteiger partial charge in [-0.05, 0) is 33.1 Å². The molecule has 1 fully saturated rings. The highest BCUT2D eigenvalue weighted by molar-refractivity contribution is 5.74. The van der Waals surface area contributed by atoms with Crippen molar-refractivity contribution in [3.8, 4) is 0 Å². The van der Waals surface area contributed by atoms with Crippen LogP contribution in [-0.4, -0.2) is 35.0 Å². The van der Waals surface area contributed by atoms with Crippen LogP contribution >= 0.6 is 0 Å². The standard InChI is InChI=1S/C14H23N3O3/c1-9-11(10(2)20-17-9)7-8-15-14(19)16-12-5-3-4-6-13(12)18/h12-13,18H,3-8H2,1-2H3,(H2,15,16,19). The highest BCUT2D eigenvalue weighted by Gasteiger charge is 2.24. The molecule has 2 unspecified atom stereocenters. The first-order valence-electron chi connectivity index (χ1n) is 7.22. The summed E-state index contributed by atoms with van der Waals surface area (Å²) < 4.78 is 5.08. The summed E-state index contributed by atoms with van der Waals surface area (Å²) in [5.41, 5.74) is 1.91. The van der Waals surface area contributed by atoms with Crippen molar-refractivity contribution in [3.05, 3.63) is 17.0 Å². The van der Waals surface area contributed by atoms with E-state index in [0.717, 1.165) is 42.7 Å². The molecule has 112 valence electrons. The Hall–Kier alpha value is -1.56. The van der Waals surface area contributed by atoms with Gasteiger partial charge >= 0.3 is 6.03 Å². The van der Waals surface area contributed by atoms with E-state index in [0.29, 0.717) is 13.0 Å². The molecule has 1 saturated carbocycles. The minimum absolute atomic E-state index is 0.122. The third kappa shape index (κ3) is 3.72. The molecule has 1 heterocycles. The van der Waals surface area contributed by atoms with Crippen molar-refractivity contribution in [1.82, 2.24) is 15.8 Å². The number of nitrogens with one attached hydrogen (secondary N) is 2. The number of aromatic nitrogens is 1. The zero-order valence-electron chi connectivity index (χ0n) is 12.1. The Bertz CT molecular complexity index is 439. The number of aryl methyl sites for hydroxylation is 2. The molecule has 20 heavy (non-hydrogen) atoms. The Kier molecular flexibility index (Phi) is 5.00. The van der Waals surface area contributed by atoms with Gasteiger partial charge in [0.25, 0.3) is 0 Å². The molecular formula is C14H23N3O3. The van der Waals surface area contributed by atoms with Gasteiger partial charge in [-0.2, -0.15) is 0 Å². The normalized spacial score (nSPS) is 22.6. The SMILES string of the molecule is Cc1noc(C)c1CCNC(=O)NC1CCCCC1O. The highest BCUT2D eigenvalue weighted by Crippen LogP contribution is 2.18. The van der Waals surface area contributed by atoms with Crippen LogP contribution in [0.3, 0.4) is 0 Å². The molecule has 0 saturated heterocycles. The molecule has 1 aromatic rings. The molecule has 2 atom stereocenters. The van der Waals surface area contributed by atoms with Crippen LogP contribution in [0, 0.1) is 13.8 Å². The number of hydrogen-bond acceptors (Lipinski definition) is 4. The lowest BCUT2D eigenvalue weighted by molar-refractivity contribution is 0.0943. The largest absolute Gasteiger partial charge is 0.391 e. The quantitative estimate of drug-likeness (QED) is 0.779. The van der Waals surface area contributed by atoms with Crippen LogP contribution in [0.25, 0.3) is 0 Å². The molecule has 1 aliphatic rings. The van der Waals surface area contributed by atoms with E-state index >= 15 is 0 Å². The van der Waals surface area contributed by atoms with Gasteiger partial charge in [-0.3, -0.25) is 0 Å². The predicted octanol–water partition coefficient (Wildman–Crippen LogP) is 1.44. The lowest BCUT2D eigenvalue weighted by Gasteiger charge is -2.28. The highest BCUT2D eigenvalue weighted by atomic mass is 16.5. The molecule has 0 aliphatic heterocycles. The number of carbonyl (C=O) groups is 1. The van der Waals surface area contributed by atoms with Gasteiger partial charge in [-0.1, -0.05) is 18.0 Å². The zero-order valence-corrected chi connectivity index (χ0v) is 12.1. The molecule has 2 rings (SSSR count). The summed E-state index contributed by atoms with van der Waals surface area (Å²) in [5, 5.41) is 19.3. The van der Waals surface area contributed by atoms with Crippen LogP contribution in [-0.2, 0) is 6.42 Å². The van der Waals surface area contributed by atoms with Gasteiger partial charge in [0.2, 0.25) is 0 Å². The van der Waals surface area contributed by atoms with Crippen molar-refractivity contribution in [2.45, 2.75) is 58.1 Å². The zero-order chi connectivity index (χ0) is 14.5. The maximum absolute atomic E-state index is 11.8. The Morgan fingerprint density at radius 2 is 2.15 bits per heavy atom. The average Bonchev–Trinajstić information content (AvgIpc) is 2.73. The molecule has 6 heteroatoms. The third-order valence-corrected chi connectivity index (χ3v) is 3.89. The number of hydrogen-bond donors (Lipinski definition) is 3. The van der Waals surface area contributed by atoms with Gasteiger partial charge in [-0.25, -0.2) is 4.79 Å². The van der Waals surface area contributed by atoms with Gasteiger partial charge in [0.05, 0.1) is 17.8 Å². The van der Waals surface area contributed by atoms with Crippen LogP contribution in [0.2, 0.25) is 0 Å². The van der Waals surface area contributed by atoms with Crippen molar-refractivity contribution < 1.29 is 14.4 Å². The topological polar surface area (TPSA) is 87.4 Å². The summed E-state index contributed by atoms with van der Waals surface area (Å²) in [6, 6.07) is -0.342. The van der Waals surface area contributed by atoms with Crippen LogP contribution in [0.15, 0.2) is 4.52 Å². The number of nitrogens with zero attached hydrogens (tertiary/aromatic N) is 1. The van der Waals surface area contributed by atoms with Crippen molar-refractivity contribution in [2.75, 3.05) is 6.54 Å². The molecule has 1 aliphatic carbocycles. The Balaban J connectivity index is 1.72. The molecule has 1 aromatic heterocycles. The van der Waals surface area contributed by atoms with E-state index < -0.39 is 6.10 Å². The molecule has 0 aromatic carbocycles. The minimum Gasteiger partial charge on any atom is -0.391 e. The van der Waals surface area contributed by atoms with E-state index in [2.05, 4.69) is 15.8 Å². The predicted molar refractivity (Wildman–Crippen MR) is 74.5 cm³/mol. The lowest BCUT2D eigenvalue weighted by atomic mass is 9.93. The summed E-state index contributed by atoms with van der Waals surface area (Å²) in [7, 11) is 0. The first kappa shape index (κ1) is 14.8. The van der Waals surface area contributed by atoms with Gasteiger partial charge in [0.1, 0.15) is 5.76 Å². The summed E-state index contributed by atoms with van der Waals surface area (Å²) in [6.07, 6.45) is 3.98. The number of urea groups is 1. The Morgan fingerprint density at radius 1 is 1.40 bits per heavy atom. The van der Waals surface area contributed by atoms with Crippen LogP contribution in [0.4, 0.5) is 4.79 Å². The van der Waals surface area contributed by atoms with Gasteiger partial charge in [-0.15, -0.1) is 0 Å². The minimum atomic E-state index is -0.419. The van der Waals surface area contributed by atoms with E-state index in [1.165, 1.54) is 0 Å². The van der Waals surface area contributed by atoms with E-state index in [1.807, 2.05) is 13.8 Å². The van der Waals surface area contributed by atoms with Gasteiger partial charge < -0.3 is 20.3 Å². The van der Waals surface area contributed by atoms with Crippen LogP contribution in [0.1, 0.15) is 42.7 Å².